The van der Waals surface area contributed by atoms with E-state index in [1.807, 2.05) is 30.3 Å². The van der Waals surface area contributed by atoms with Crippen molar-refractivity contribution in [3.8, 4) is 5.75 Å². The van der Waals surface area contributed by atoms with Gasteiger partial charge in [-0.1, -0.05) is 112 Å². The van der Waals surface area contributed by atoms with Crippen LogP contribution in [0.15, 0.2) is 59.7 Å². The standard InChI is InChI=1S/C30H34Cl2N2O3/c1-2-3-4-5-6-7-8-9-10-15-29(35)34-33-21-26-24-14-12-11-13-22(24)16-19-28(26)37-30(36)25-18-17-23(31)20-27(25)32/h11-14,16-21H,2-10,15H2,1H3,(H,34,35). The van der Waals surface area contributed by atoms with Gasteiger partial charge in [0.25, 0.3) is 0 Å². The Morgan fingerprint density at radius 3 is 2.32 bits per heavy atom. The average molecular weight is 542 g/mol. The fourth-order valence-corrected chi connectivity index (χ4v) is 4.61. The van der Waals surface area contributed by atoms with Crippen LogP contribution in [0.3, 0.4) is 0 Å². The molecule has 0 bridgehead atoms. The highest BCUT2D eigenvalue weighted by Crippen LogP contribution is 2.29. The molecule has 1 N–H and O–H groups in total. The number of amides is 1. The molecule has 37 heavy (non-hydrogen) atoms. The first-order chi connectivity index (χ1) is 18.0. The Bertz CT molecular complexity index is 1230. The second kappa shape index (κ2) is 15.4. The van der Waals surface area contributed by atoms with Crippen molar-refractivity contribution < 1.29 is 14.3 Å². The minimum Gasteiger partial charge on any atom is -0.422 e. The summed E-state index contributed by atoms with van der Waals surface area (Å²) in [5.74, 6) is -0.432. The molecule has 0 aliphatic rings. The summed E-state index contributed by atoms with van der Waals surface area (Å²) in [4.78, 5) is 25.1. The lowest BCUT2D eigenvalue weighted by Crippen LogP contribution is -2.17. The summed E-state index contributed by atoms with van der Waals surface area (Å²) in [6, 6.07) is 15.8. The number of fused-ring (bicyclic) bond motifs is 1. The Morgan fingerprint density at radius 1 is 0.892 bits per heavy atom. The Balaban J connectivity index is 1.59. The fourth-order valence-electron chi connectivity index (χ4n) is 4.13. The van der Waals surface area contributed by atoms with Crippen LogP contribution in [-0.4, -0.2) is 18.1 Å². The second-order valence-electron chi connectivity index (χ2n) is 9.08. The summed E-state index contributed by atoms with van der Waals surface area (Å²) in [5.41, 5.74) is 3.39. The lowest BCUT2D eigenvalue weighted by Gasteiger charge is -2.11. The van der Waals surface area contributed by atoms with Crippen molar-refractivity contribution in [2.45, 2.75) is 71.1 Å². The van der Waals surface area contributed by atoms with Gasteiger partial charge < -0.3 is 4.74 Å². The molecule has 0 fully saturated rings. The van der Waals surface area contributed by atoms with Crippen LogP contribution in [0.4, 0.5) is 0 Å². The highest BCUT2D eigenvalue weighted by atomic mass is 35.5. The van der Waals surface area contributed by atoms with Gasteiger partial charge in [-0.3, -0.25) is 4.79 Å². The molecule has 3 rings (SSSR count). The van der Waals surface area contributed by atoms with Crippen molar-refractivity contribution in [2.24, 2.45) is 5.10 Å². The molecule has 0 radical (unpaired) electrons. The van der Waals surface area contributed by atoms with Crippen LogP contribution in [0.25, 0.3) is 10.8 Å². The maximum Gasteiger partial charge on any atom is 0.345 e. The van der Waals surface area contributed by atoms with E-state index in [9.17, 15) is 9.59 Å². The molecular formula is C30H34Cl2N2O3. The van der Waals surface area contributed by atoms with Gasteiger partial charge in [0.1, 0.15) is 5.75 Å². The van der Waals surface area contributed by atoms with Crippen LogP contribution < -0.4 is 10.2 Å². The van der Waals surface area contributed by atoms with E-state index in [0.29, 0.717) is 22.8 Å². The minimum atomic E-state index is -0.610. The lowest BCUT2D eigenvalue weighted by molar-refractivity contribution is -0.121. The molecule has 0 saturated heterocycles. The summed E-state index contributed by atoms with van der Waals surface area (Å²) in [6.45, 7) is 2.23. The van der Waals surface area contributed by atoms with E-state index in [0.717, 1.165) is 30.0 Å². The number of hydrazone groups is 1. The monoisotopic (exact) mass is 540 g/mol. The molecule has 0 aliphatic carbocycles. The SMILES string of the molecule is CCCCCCCCCCCC(=O)NN=Cc1c(OC(=O)c2ccc(Cl)cc2Cl)ccc2ccccc12. The van der Waals surface area contributed by atoms with Gasteiger partial charge in [0, 0.05) is 17.0 Å². The molecule has 0 heterocycles. The highest BCUT2D eigenvalue weighted by Gasteiger charge is 2.16. The molecule has 0 saturated carbocycles. The number of nitrogens with one attached hydrogen (secondary N) is 1. The molecule has 0 unspecified atom stereocenters. The third kappa shape index (κ3) is 9.17. The number of carbonyl (C=O) groups is 2. The van der Waals surface area contributed by atoms with Crippen LogP contribution in [0.2, 0.25) is 10.0 Å². The maximum absolute atomic E-state index is 12.8. The van der Waals surface area contributed by atoms with E-state index in [2.05, 4.69) is 17.5 Å². The van der Waals surface area contributed by atoms with E-state index in [1.165, 1.54) is 56.9 Å². The Morgan fingerprint density at radius 2 is 1.59 bits per heavy atom. The number of halogens is 2. The van der Waals surface area contributed by atoms with Crippen molar-refractivity contribution in [2.75, 3.05) is 0 Å². The van der Waals surface area contributed by atoms with Crippen molar-refractivity contribution >= 4 is 52.1 Å². The van der Waals surface area contributed by atoms with Crippen molar-refractivity contribution in [3.05, 3.63) is 75.8 Å². The third-order valence-electron chi connectivity index (χ3n) is 6.17. The smallest absolute Gasteiger partial charge is 0.345 e. The number of benzene rings is 3. The minimum absolute atomic E-state index is 0.133. The number of rotatable bonds is 14. The predicted octanol–water partition coefficient (Wildman–Crippen LogP) is 8.74. The second-order valence-corrected chi connectivity index (χ2v) is 9.93. The maximum atomic E-state index is 12.8. The fraction of sp³-hybridized carbons (Fsp3) is 0.367. The number of carbonyl (C=O) groups excluding carboxylic acids is 2. The quantitative estimate of drug-likeness (QED) is 0.0730. The summed E-state index contributed by atoms with van der Waals surface area (Å²) >= 11 is 12.1. The molecule has 0 aromatic heterocycles. The molecule has 5 nitrogen and oxygen atoms in total. The van der Waals surface area contributed by atoms with Gasteiger partial charge in [-0.05, 0) is 41.5 Å². The first-order valence-corrected chi connectivity index (χ1v) is 13.8. The van der Waals surface area contributed by atoms with E-state index in [-0.39, 0.29) is 16.5 Å². The Labute approximate surface area is 229 Å². The van der Waals surface area contributed by atoms with Gasteiger partial charge in [-0.25, -0.2) is 10.2 Å². The number of esters is 1. The first-order valence-electron chi connectivity index (χ1n) is 13.0. The molecule has 0 spiro atoms. The van der Waals surface area contributed by atoms with Crippen LogP contribution in [0, 0.1) is 0 Å². The third-order valence-corrected chi connectivity index (χ3v) is 6.72. The number of ether oxygens (including phenoxy) is 1. The Kier molecular flexibility index (Phi) is 11.9. The van der Waals surface area contributed by atoms with E-state index in [4.69, 9.17) is 27.9 Å². The zero-order valence-corrected chi connectivity index (χ0v) is 22.8. The topological polar surface area (TPSA) is 67.8 Å². The number of hydrogen-bond acceptors (Lipinski definition) is 4. The van der Waals surface area contributed by atoms with Crippen LogP contribution >= 0.6 is 23.2 Å². The molecule has 1 amide bonds. The number of unbranched alkanes of at least 4 members (excludes halogenated alkanes) is 8. The summed E-state index contributed by atoms with van der Waals surface area (Å²) in [6.07, 6.45) is 12.7. The highest BCUT2D eigenvalue weighted by molar-refractivity contribution is 6.36. The summed E-state index contributed by atoms with van der Waals surface area (Å²) < 4.78 is 5.68. The number of nitrogens with zero attached hydrogens (tertiary/aromatic N) is 1. The molecular weight excluding hydrogens is 507 g/mol. The van der Waals surface area contributed by atoms with Crippen molar-refractivity contribution in [3.63, 3.8) is 0 Å². The number of hydrogen-bond donors (Lipinski definition) is 1. The van der Waals surface area contributed by atoms with Crippen molar-refractivity contribution in [1.82, 2.24) is 5.43 Å². The first kappa shape index (κ1) is 28.7. The van der Waals surface area contributed by atoms with Gasteiger partial charge in [0.2, 0.25) is 5.91 Å². The van der Waals surface area contributed by atoms with E-state index >= 15 is 0 Å². The van der Waals surface area contributed by atoms with Gasteiger partial charge in [-0.2, -0.15) is 5.10 Å². The van der Waals surface area contributed by atoms with Gasteiger partial charge >= 0.3 is 5.97 Å². The average Bonchev–Trinajstić information content (AvgIpc) is 2.88. The zero-order chi connectivity index (χ0) is 26.5. The van der Waals surface area contributed by atoms with Crippen molar-refractivity contribution in [1.29, 1.82) is 0 Å². The largest absolute Gasteiger partial charge is 0.422 e. The zero-order valence-electron chi connectivity index (χ0n) is 21.3. The van der Waals surface area contributed by atoms with Crippen LogP contribution in [-0.2, 0) is 4.79 Å². The van der Waals surface area contributed by atoms with Gasteiger partial charge in [0.05, 0.1) is 16.8 Å². The van der Waals surface area contributed by atoms with E-state index < -0.39 is 5.97 Å². The summed E-state index contributed by atoms with van der Waals surface area (Å²) in [7, 11) is 0. The Hall–Kier alpha value is -2.89. The van der Waals surface area contributed by atoms with Gasteiger partial charge in [0.15, 0.2) is 0 Å². The van der Waals surface area contributed by atoms with Gasteiger partial charge in [-0.15, -0.1) is 0 Å². The normalized spacial score (nSPS) is 11.2. The van der Waals surface area contributed by atoms with Crippen LogP contribution in [0.1, 0.15) is 87.1 Å². The lowest BCUT2D eigenvalue weighted by atomic mass is 10.0. The molecule has 3 aromatic carbocycles. The molecule has 196 valence electrons. The molecule has 7 heteroatoms. The molecule has 3 aromatic rings. The van der Waals surface area contributed by atoms with Crippen LogP contribution in [0.5, 0.6) is 5.75 Å². The molecule has 0 aliphatic heterocycles. The van der Waals surface area contributed by atoms with E-state index in [1.54, 1.807) is 12.1 Å². The predicted molar refractivity (Wildman–Crippen MR) is 153 cm³/mol. The summed E-state index contributed by atoms with van der Waals surface area (Å²) in [5, 5.41) is 6.59. The molecule has 0 atom stereocenters.